The first kappa shape index (κ1) is 11.6. The average Bonchev–Trinajstić information content (AvgIpc) is 3.05. The lowest BCUT2D eigenvalue weighted by Crippen LogP contribution is -2.29. The van der Waals surface area contributed by atoms with E-state index in [1.165, 1.54) is 12.8 Å². The molecule has 0 atom stereocenters. The summed E-state index contributed by atoms with van der Waals surface area (Å²) in [5, 5.41) is 14.2. The van der Waals surface area contributed by atoms with Gasteiger partial charge in [0.1, 0.15) is 18.9 Å². The van der Waals surface area contributed by atoms with Crippen LogP contribution in [0.4, 0.5) is 0 Å². The number of hydrogen-bond acceptors (Lipinski definition) is 4. The zero-order valence-electron chi connectivity index (χ0n) is 9.52. The summed E-state index contributed by atoms with van der Waals surface area (Å²) < 4.78 is 1.79. The monoisotopic (exact) mass is 233 g/mol. The van der Waals surface area contributed by atoms with Gasteiger partial charge in [0.15, 0.2) is 0 Å². The maximum atomic E-state index is 11.4. The Hall–Kier alpha value is -1.87. The maximum Gasteiger partial charge on any atom is 0.240 e. The summed E-state index contributed by atoms with van der Waals surface area (Å²) in [4.78, 5) is 15.6. The van der Waals surface area contributed by atoms with E-state index in [0.29, 0.717) is 12.6 Å². The minimum absolute atomic E-state index is 0.0448. The number of aromatic nitrogens is 2. The molecule has 1 aromatic heterocycles. The first-order valence-corrected chi connectivity index (χ1v) is 5.66. The minimum atomic E-state index is -0.169. The standard InChI is InChI=1S/C11H15N5O/c12-3-4-14-11(17)8-16-6-5-13-10(16)7-15-9-1-2-9/h5-6,9,15H,1-2,4,7-8H2,(H,14,17). The molecule has 1 aliphatic carbocycles. The van der Waals surface area contributed by atoms with Crippen LogP contribution in [0, 0.1) is 11.3 Å². The molecule has 1 heterocycles. The second-order valence-corrected chi connectivity index (χ2v) is 4.06. The van der Waals surface area contributed by atoms with Crippen LogP contribution in [0.25, 0.3) is 0 Å². The molecule has 1 aromatic rings. The van der Waals surface area contributed by atoms with Crippen molar-refractivity contribution in [3.8, 4) is 6.07 Å². The van der Waals surface area contributed by atoms with Crippen molar-refractivity contribution in [1.82, 2.24) is 20.2 Å². The molecule has 2 N–H and O–H groups in total. The summed E-state index contributed by atoms with van der Waals surface area (Å²) >= 11 is 0. The van der Waals surface area contributed by atoms with Crippen LogP contribution in [0.15, 0.2) is 12.4 Å². The highest BCUT2D eigenvalue weighted by Crippen LogP contribution is 2.18. The van der Waals surface area contributed by atoms with Crippen molar-refractivity contribution < 1.29 is 4.79 Å². The van der Waals surface area contributed by atoms with Crippen molar-refractivity contribution in [2.75, 3.05) is 6.54 Å². The Morgan fingerprint density at radius 1 is 1.65 bits per heavy atom. The van der Waals surface area contributed by atoms with Crippen LogP contribution < -0.4 is 10.6 Å². The third-order valence-electron chi connectivity index (χ3n) is 2.61. The zero-order chi connectivity index (χ0) is 12.1. The number of nitrogens with one attached hydrogen (secondary N) is 2. The molecule has 17 heavy (non-hydrogen) atoms. The number of nitrogens with zero attached hydrogens (tertiary/aromatic N) is 3. The van der Waals surface area contributed by atoms with Crippen molar-refractivity contribution in [2.24, 2.45) is 0 Å². The molecule has 6 heteroatoms. The fourth-order valence-corrected chi connectivity index (χ4v) is 1.52. The van der Waals surface area contributed by atoms with Crippen LogP contribution >= 0.6 is 0 Å². The van der Waals surface area contributed by atoms with Crippen molar-refractivity contribution in [2.45, 2.75) is 32.0 Å². The molecule has 1 fully saturated rings. The van der Waals surface area contributed by atoms with Crippen LogP contribution in [0.1, 0.15) is 18.7 Å². The van der Waals surface area contributed by atoms with Gasteiger partial charge in [0.05, 0.1) is 12.6 Å². The van der Waals surface area contributed by atoms with Gasteiger partial charge in [-0.25, -0.2) is 4.98 Å². The SMILES string of the molecule is N#CCNC(=O)Cn1ccnc1CNC1CC1. The van der Waals surface area contributed by atoms with Crippen molar-refractivity contribution in [3.05, 3.63) is 18.2 Å². The van der Waals surface area contributed by atoms with Crippen molar-refractivity contribution >= 4 is 5.91 Å². The van der Waals surface area contributed by atoms with E-state index in [1.54, 1.807) is 17.0 Å². The summed E-state index contributed by atoms with van der Waals surface area (Å²) in [6.45, 7) is 0.940. The summed E-state index contributed by atoms with van der Waals surface area (Å²) in [5.41, 5.74) is 0. The number of carbonyl (C=O) groups excluding carboxylic acids is 1. The number of carbonyl (C=O) groups is 1. The molecule has 1 saturated carbocycles. The number of imidazole rings is 1. The van der Waals surface area contributed by atoms with Gasteiger partial charge in [-0.15, -0.1) is 0 Å². The van der Waals surface area contributed by atoms with Gasteiger partial charge >= 0.3 is 0 Å². The number of rotatable bonds is 6. The molecular weight excluding hydrogens is 218 g/mol. The third-order valence-corrected chi connectivity index (χ3v) is 2.61. The topological polar surface area (TPSA) is 82.7 Å². The van der Waals surface area contributed by atoms with Gasteiger partial charge in [0.25, 0.3) is 0 Å². The van der Waals surface area contributed by atoms with E-state index in [9.17, 15) is 4.79 Å². The third kappa shape index (κ3) is 3.57. The number of nitriles is 1. The Morgan fingerprint density at radius 2 is 2.47 bits per heavy atom. The highest BCUT2D eigenvalue weighted by Gasteiger charge is 2.20. The van der Waals surface area contributed by atoms with Gasteiger partial charge in [0.2, 0.25) is 5.91 Å². The van der Waals surface area contributed by atoms with E-state index in [2.05, 4.69) is 15.6 Å². The van der Waals surface area contributed by atoms with Gasteiger partial charge in [-0.1, -0.05) is 0 Å². The molecular formula is C11H15N5O. The van der Waals surface area contributed by atoms with Crippen molar-refractivity contribution in [1.29, 1.82) is 5.26 Å². The van der Waals surface area contributed by atoms with Crippen LogP contribution in [-0.2, 0) is 17.9 Å². The molecule has 0 aliphatic heterocycles. The van der Waals surface area contributed by atoms with Crippen LogP contribution in [-0.4, -0.2) is 28.0 Å². The molecule has 0 saturated heterocycles. The molecule has 0 bridgehead atoms. The molecule has 90 valence electrons. The van der Waals surface area contributed by atoms with Crippen LogP contribution in [0.3, 0.4) is 0 Å². The fourth-order valence-electron chi connectivity index (χ4n) is 1.52. The lowest BCUT2D eigenvalue weighted by atomic mass is 10.5. The van der Waals surface area contributed by atoms with E-state index in [0.717, 1.165) is 5.82 Å². The van der Waals surface area contributed by atoms with E-state index in [1.807, 2.05) is 6.07 Å². The summed E-state index contributed by atoms with van der Waals surface area (Å²) in [7, 11) is 0. The first-order chi connectivity index (χ1) is 8.29. The Morgan fingerprint density at radius 3 is 3.18 bits per heavy atom. The zero-order valence-corrected chi connectivity index (χ0v) is 9.52. The van der Waals surface area contributed by atoms with Gasteiger partial charge in [-0.3, -0.25) is 4.79 Å². The van der Waals surface area contributed by atoms with E-state index < -0.39 is 0 Å². The first-order valence-electron chi connectivity index (χ1n) is 5.66. The van der Waals surface area contributed by atoms with Crippen LogP contribution in [0.5, 0.6) is 0 Å². The highest BCUT2D eigenvalue weighted by molar-refractivity contribution is 5.75. The number of amides is 1. The molecule has 1 amide bonds. The number of hydrogen-bond donors (Lipinski definition) is 2. The molecule has 2 rings (SSSR count). The molecule has 0 radical (unpaired) electrons. The van der Waals surface area contributed by atoms with Gasteiger partial charge in [-0.2, -0.15) is 5.26 Å². The minimum Gasteiger partial charge on any atom is -0.341 e. The highest BCUT2D eigenvalue weighted by atomic mass is 16.1. The lowest BCUT2D eigenvalue weighted by Gasteiger charge is -2.07. The smallest absolute Gasteiger partial charge is 0.240 e. The molecule has 0 aromatic carbocycles. The predicted molar refractivity (Wildman–Crippen MR) is 60.7 cm³/mol. The summed E-state index contributed by atoms with van der Waals surface area (Å²) in [6, 6.07) is 2.49. The van der Waals surface area contributed by atoms with Gasteiger partial charge in [0, 0.05) is 18.4 Å². The second-order valence-electron chi connectivity index (χ2n) is 4.06. The Labute approximate surface area is 99.6 Å². The fraction of sp³-hybridized carbons (Fsp3) is 0.545. The quantitative estimate of drug-likeness (QED) is 0.665. The van der Waals surface area contributed by atoms with Crippen LogP contribution in [0.2, 0.25) is 0 Å². The van der Waals surface area contributed by atoms with Gasteiger partial charge in [-0.05, 0) is 12.8 Å². The summed E-state index contributed by atoms with van der Waals surface area (Å²) in [5.74, 6) is 0.682. The normalized spacial score (nSPS) is 14.3. The lowest BCUT2D eigenvalue weighted by molar-refractivity contribution is -0.121. The Bertz CT molecular complexity index is 429. The van der Waals surface area contributed by atoms with E-state index in [4.69, 9.17) is 5.26 Å². The van der Waals surface area contributed by atoms with Gasteiger partial charge < -0.3 is 15.2 Å². The average molecular weight is 233 g/mol. The maximum absolute atomic E-state index is 11.4. The largest absolute Gasteiger partial charge is 0.341 e. The molecule has 6 nitrogen and oxygen atoms in total. The Kier molecular flexibility index (Phi) is 3.73. The molecule has 0 spiro atoms. The molecule has 1 aliphatic rings. The van der Waals surface area contributed by atoms with E-state index in [-0.39, 0.29) is 19.0 Å². The molecule has 0 unspecified atom stereocenters. The van der Waals surface area contributed by atoms with Crippen molar-refractivity contribution in [3.63, 3.8) is 0 Å². The summed E-state index contributed by atoms with van der Waals surface area (Å²) in [6.07, 6.45) is 5.91. The Balaban J connectivity index is 1.84. The second kappa shape index (κ2) is 5.46. The van der Waals surface area contributed by atoms with E-state index >= 15 is 0 Å². The predicted octanol–water partition coefficient (Wildman–Crippen LogP) is -0.225.